The first-order valence-corrected chi connectivity index (χ1v) is 9.14. The van der Waals surface area contributed by atoms with Crippen LogP contribution in [-0.2, 0) is 13.6 Å². The van der Waals surface area contributed by atoms with Crippen LogP contribution in [0.15, 0.2) is 49.0 Å². The molecule has 1 aliphatic heterocycles. The van der Waals surface area contributed by atoms with Crippen molar-refractivity contribution in [3.8, 4) is 0 Å². The number of aromatic nitrogens is 1. The van der Waals surface area contributed by atoms with Crippen molar-refractivity contribution in [3.63, 3.8) is 0 Å². The Morgan fingerprint density at radius 1 is 1.15 bits per heavy atom. The van der Waals surface area contributed by atoms with Crippen LogP contribution >= 0.6 is 0 Å². The van der Waals surface area contributed by atoms with Crippen molar-refractivity contribution in [2.75, 3.05) is 13.6 Å². The molecule has 1 atom stereocenters. The summed E-state index contributed by atoms with van der Waals surface area (Å²) in [4.78, 5) is 2.40. The number of fused-ring (bicyclic) bond motifs is 3. The second-order valence-corrected chi connectivity index (χ2v) is 7.65. The second kappa shape index (κ2) is 6.40. The number of benzene rings is 2. The van der Waals surface area contributed by atoms with E-state index < -0.39 is 0 Å². The maximum Gasteiger partial charge on any atom is 0.123 e. The summed E-state index contributed by atoms with van der Waals surface area (Å²) >= 11 is 0. The van der Waals surface area contributed by atoms with Crippen molar-refractivity contribution in [2.24, 2.45) is 7.05 Å². The second-order valence-electron chi connectivity index (χ2n) is 7.65. The Balaban J connectivity index is 1.74. The highest BCUT2D eigenvalue weighted by Crippen LogP contribution is 2.39. The van der Waals surface area contributed by atoms with E-state index in [4.69, 9.17) is 0 Å². The van der Waals surface area contributed by atoms with Gasteiger partial charge in [-0.15, -0.1) is 0 Å². The van der Waals surface area contributed by atoms with Gasteiger partial charge in [-0.2, -0.15) is 0 Å². The summed E-state index contributed by atoms with van der Waals surface area (Å²) in [6.07, 6.45) is 0.881. The van der Waals surface area contributed by atoms with Crippen molar-refractivity contribution in [2.45, 2.75) is 25.8 Å². The van der Waals surface area contributed by atoms with Crippen LogP contribution in [0.5, 0.6) is 0 Å². The monoisotopic (exact) mass is 348 g/mol. The highest BCUT2D eigenvalue weighted by molar-refractivity contribution is 5.87. The maximum atomic E-state index is 13.2. The number of aryl methyl sites for hydroxylation is 2. The van der Waals surface area contributed by atoms with Crippen LogP contribution < -0.4 is 0 Å². The van der Waals surface area contributed by atoms with Gasteiger partial charge in [-0.1, -0.05) is 30.3 Å². The van der Waals surface area contributed by atoms with Gasteiger partial charge in [0, 0.05) is 42.7 Å². The number of rotatable bonds is 3. The lowest BCUT2D eigenvalue weighted by Gasteiger charge is -2.32. The number of allylic oxidation sites excluding steroid dienone is 1. The summed E-state index contributed by atoms with van der Waals surface area (Å²) in [5.74, 6) is 0.185. The average molecular weight is 348 g/mol. The molecule has 2 aromatic carbocycles. The molecule has 2 nitrogen and oxygen atoms in total. The van der Waals surface area contributed by atoms with Crippen LogP contribution in [0.25, 0.3) is 16.5 Å². The maximum absolute atomic E-state index is 13.2. The number of hydrogen-bond acceptors (Lipinski definition) is 1. The van der Waals surface area contributed by atoms with Crippen LogP contribution in [-0.4, -0.2) is 23.1 Å². The van der Waals surface area contributed by atoms with E-state index in [0.29, 0.717) is 5.92 Å². The molecule has 3 heteroatoms. The Morgan fingerprint density at radius 3 is 2.62 bits per heavy atom. The normalized spacial score (nSPS) is 17.5. The number of likely N-dealkylation sites (N-methyl/N-ethyl adjacent to an activating group) is 1. The summed E-state index contributed by atoms with van der Waals surface area (Å²) in [7, 11) is 4.36. The molecule has 3 aromatic rings. The molecule has 26 heavy (non-hydrogen) atoms. The molecule has 2 heterocycles. The first kappa shape index (κ1) is 17.0. The lowest BCUT2D eigenvalue weighted by atomic mass is 9.87. The third-order valence-corrected chi connectivity index (χ3v) is 5.60. The van der Waals surface area contributed by atoms with Crippen LogP contribution in [0.3, 0.4) is 0 Å². The molecular formula is C23H25FN2. The fourth-order valence-corrected chi connectivity index (χ4v) is 4.40. The minimum atomic E-state index is -0.203. The van der Waals surface area contributed by atoms with Crippen molar-refractivity contribution >= 4 is 16.5 Å². The van der Waals surface area contributed by atoms with Crippen molar-refractivity contribution in [1.82, 2.24) is 9.47 Å². The first-order valence-electron chi connectivity index (χ1n) is 9.14. The fraction of sp³-hybridized carbons (Fsp3) is 0.304. The highest BCUT2D eigenvalue weighted by atomic mass is 19.1. The van der Waals surface area contributed by atoms with Gasteiger partial charge in [0.2, 0.25) is 0 Å². The zero-order valence-electron chi connectivity index (χ0n) is 15.7. The molecule has 4 rings (SSSR count). The molecule has 0 amide bonds. The van der Waals surface area contributed by atoms with Crippen molar-refractivity contribution < 1.29 is 4.39 Å². The quantitative estimate of drug-likeness (QED) is 0.627. The molecule has 0 N–H and O–H groups in total. The minimum absolute atomic E-state index is 0.203. The lowest BCUT2D eigenvalue weighted by Crippen LogP contribution is -2.31. The predicted octanol–water partition coefficient (Wildman–Crippen LogP) is 5.26. The third kappa shape index (κ3) is 2.86. The number of hydrogen-bond donors (Lipinski definition) is 0. The van der Waals surface area contributed by atoms with Gasteiger partial charge in [0.1, 0.15) is 5.82 Å². The van der Waals surface area contributed by atoms with Crippen LogP contribution in [0.2, 0.25) is 0 Å². The topological polar surface area (TPSA) is 8.17 Å². The van der Waals surface area contributed by atoms with E-state index in [1.54, 1.807) is 0 Å². The van der Waals surface area contributed by atoms with Gasteiger partial charge >= 0.3 is 0 Å². The molecule has 1 aromatic heterocycles. The third-order valence-electron chi connectivity index (χ3n) is 5.60. The Labute approximate surface area is 154 Å². The van der Waals surface area contributed by atoms with Crippen LogP contribution in [0.1, 0.15) is 34.7 Å². The average Bonchev–Trinajstić information content (AvgIpc) is 2.87. The molecule has 134 valence electrons. The van der Waals surface area contributed by atoms with E-state index in [1.807, 2.05) is 12.1 Å². The zero-order valence-corrected chi connectivity index (χ0v) is 15.7. The minimum Gasteiger partial charge on any atom is -0.347 e. The molecule has 0 spiro atoms. The fourth-order valence-electron chi connectivity index (χ4n) is 4.40. The smallest absolute Gasteiger partial charge is 0.123 e. The number of halogens is 1. The molecule has 0 fully saturated rings. The van der Waals surface area contributed by atoms with Gasteiger partial charge < -0.3 is 9.47 Å². The Bertz CT molecular complexity index is 982. The van der Waals surface area contributed by atoms with Crippen LogP contribution in [0.4, 0.5) is 4.39 Å². The van der Waals surface area contributed by atoms with Gasteiger partial charge in [0.25, 0.3) is 0 Å². The molecule has 1 aliphatic rings. The highest BCUT2D eigenvalue weighted by Gasteiger charge is 2.29. The Hall–Kier alpha value is -2.39. The van der Waals surface area contributed by atoms with E-state index in [2.05, 4.69) is 55.3 Å². The summed E-state index contributed by atoms with van der Waals surface area (Å²) < 4.78 is 15.6. The van der Waals surface area contributed by atoms with E-state index in [0.717, 1.165) is 30.6 Å². The predicted molar refractivity (Wildman–Crippen MR) is 107 cm³/mol. The van der Waals surface area contributed by atoms with Crippen molar-refractivity contribution in [1.29, 1.82) is 0 Å². The molecule has 0 saturated carbocycles. The van der Waals surface area contributed by atoms with Gasteiger partial charge in [0.15, 0.2) is 0 Å². The molecule has 0 aliphatic carbocycles. The van der Waals surface area contributed by atoms with Gasteiger partial charge in [-0.05, 0) is 61.4 Å². The SMILES string of the molecule is C=C(CC1CN(C)Cc2c1n(C)c1ccc(C)cc21)c1ccc(F)cc1. The summed E-state index contributed by atoms with van der Waals surface area (Å²) in [6, 6.07) is 13.4. The molecule has 1 unspecified atom stereocenters. The summed E-state index contributed by atoms with van der Waals surface area (Å²) in [5.41, 5.74) is 7.55. The molecule has 0 saturated heterocycles. The van der Waals surface area contributed by atoms with Gasteiger partial charge in [-0.25, -0.2) is 4.39 Å². The Morgan fingerprint density at radius 2 is 1.88 bits per heavy atom. The number of nitrogens with zero attached hydrogens (tertiary/aromatic N) is 2. The van der Waals surface area contributed by atoms with E-state index >= 15 is 0 Å². The molecular weight excluding hydrogens is 323 g/mol. The van der Waals surface area contributed by atoms with Gasteiger partial charge in [-0.3, -0.25) is 0 Å². The summed E-state index contributed by atoms with van der Waals surface area (Å²) in [6.45, 7) is 8.44. The van der Waals surface area contributed by atoms with E-state index in [-0.39, 0.29) is 5.82 Å². The molecule has 0 bridgehead atoms. The molecule has 0 radical (unpaired) electrons. The first-order chi connectivity index (χ1) is 12.4. The van der Waals surface area contributed by atoms with E-state index in [9.17, 15) is 4.39 Å². The van der Waals surface area contributed by atoms with Gasteiger partial charge in [0.05, 0.1) is 0 Å². The zero-order chi connectivity index (χ0) is 18.4. The van der Waals surface area contributed by atoms with E-state index in [1.165, 1.54) is 39.9 Å². The van der Waals surface area contributed by atoms with Crippen molar-refractivity contribution in [3.05, 3.63) is 77.2 Å². The summed E-state index contributed by atoms with van der Waals surface area (Å²) in [5, 5.41) is 1.37. The Kier molecular flexibility index (Phi) is 4.20. The lowest BCUT2D eigenvalue weighted by molar-refractivity contribution is 0.278. The van der Waals surface area contributed by atoms with Crippen LogP contribution in [0, 0.1) is 12.7 Å². The standard InChI is InChI=1S/C23H25FN2/c1-15-5-10-22-20(11-15)21-14-25(3)13-18(23(21)26(22)4)12-16(2)17-6-8-19(24)9-7-17/h5-11,18H,2,12-14H2,1,3-4H3. The largest absolute Gasteiger partial charge is 0.347 e.